The summed E-state index contributed by atoms with van der Waals surface area (Å²) in [6.45, 7) is 1.88. The maximum atomic E-state index is 12.8. The summed E-state index contributed by atoms with van der Waals surface area (Å²) in [5.74, 6) is -1.72. The molecule has 0 bridgehead atoms. The second-order valence-electron chi connectivity index (χ2n) is 6.66. The first kappa shape index (κ1) is 21.6. The van der Waals surface area contributed by atoms with Crippen LogP contribution >= 0.6 is 0 Å². The molecule has 0 aromatic heterocycles. The van der Waals surface area contributed by atoms with Gasteiger partial charge >= 0.3 is 11.9 Å². The lowest BCUT2D eigenvalue weighted by Crippen LogP contribution is -2.28. The first-order valence-corrected chi connectivity index (χ1v) is 9.48. The van der Waals surface area contributed by atoms with E-state index in [9.17, 15) is 14.4 Å². The van der Waals surface area contributed by atoms with E-state index in [0.29, 0.717) is 16.9 Å². The van der Waals surface area contributed by atoms with E-state index in [2.05, 4.69) is 5.32 Å². The number of nitrogens with one attached hydrogen (secondary N) is 1. The predicted molar refractivity (Wildman–Crippen MR) is 117 cm³/mol. The van der Waals surface area contributed by atoms with Gasteiger partial charge in [-0.3, -0.25) is 4.79 Å². The zero-order valence-corrected chi connectivity index (χ0v) is 17.4. The van der Waals surface area contributed by atoms with E-state index < -0.39 is 11.9 Å². The van der Waals surface area contributed by atoms with Crippen molar-refractivity contribution in [2.24, 2.45) is 0 Å². The van der Waals surface area contributed by atoms with Gasteiger partial charge in [0.1, 0.15) is 5.70 Å². The zero-order chi connectivity index (χ0) is 22.4. The molecule has 1 aliphatic rings. The molecule has 31 heavy (non-hydrogen) atoms. The summed E-state index contributed by atoms with van der Waals surface area (Å²) in [6, 6.07) is 14.2. The fourth-order valence-corrected chi connectivity index (χ4v) is 3.08. The van der Waals surface area contributed by atoms with E-state index >= 15 is 0 Å². The third-order valence-corrected chi connectivity index (χ3v) is 4.59. The summed E-state index contributed by atoms with van der Waals surface area (Å²) in [4.78, 5) is 39.3. The number of esters is 2. The van der Waals surface area contributed by atoms with Crippen LogP contribution in [0.25, 0.3) is 0 Å². The molecule has 7 nitrogen and oxygen atoms in total. The van der Waals surface area contributed by atoms with Gasteiger partial charge in [0.15, 0.2) is 0 Å². The van der Waals surface area contributed by atoms with E-state index in [4.69, 9.17) is 9.47 Å². The van der Waals surface area contributed by atoms with Crippen molar-refractivity contribution in [2.45, 2.75) is 6.92 Å². The number of allylic oxidation sites excluding steroid dienone is 2. The normalized spacial score (nSPS) is 12.9. The number of ether oxygens (including phenoxy) is 2. The average molecular weight is 418 g/mol. The number of hydrogen-bond donors (Lipinski definition) is 1. The van der Waals surface area contributed by atoms with Crippen LogP contribution in [0.15, 0.2) is 84.2 Å². The highest BCUT2D eigenvalue weighted by atomic mass is 16.5. The van der Waals surface area contributed by atoms with Crippen molar-refractivity contribution in [3.63, 3.8) is 0 Å². The van der Waals surface area contributed by atoms with Crippen LogP contribution in [0.5, 0.6) is 0 Å². The molecule has 1 amide bonds. The minimum absolute atomic E-state index is 0.0276. The molecule has 7 heteroatoms. The number of carbonyl (C=O) groups is 3. The van der Waals surface area contributed by atoms with Gasteiger partial charge in [-0.2, -0.15) is 0 Å². The van der Waals surface area contributed by atoms with Crippen LogP contribution in [0.3, 0.4) is 0 Å². The number of amides is 1. The van der Waals surface area contributed by atoms with Crippen molar-refractivity contribution >= 4 is 29.2 Å². The van der Waals surface area contributed by atoms with Crippen LogP contribution in [0.4, 0.5) is 11.4 Å². The van der Waals surface area contributed by atoms with Crippen molar-refractivity contribution < 1.29 is 23.9 Å². The molecule has 158 valence electrons. The molecule has 1 heterocycles. The molecule has 2 aromatic rings. The van der Waals surface area contributed by atoms with Crippen LogP contribution in [0.1, 0.15) is 15.9 Å². The van der Waals surface area contributed by atoms with Crippen LogP contribution < -0.4 is 10.2 Å². The Morgan fingerprint density at radius 2 is 1.61 bits per heavy atom. The van der Waals surface area contributed by atoms with Crippen molar-refractivity contribution in [1.29, 1.82) is 0 Å². The molecule has 0 atom stereocenters. The molecule has 0 spiro atoms. The van der Waals surface area contributed by atoms with Gasteiger partial charge in [0.2, 0.25) is 0 Å². The number of anilines is 2. The molecule has 1 aliphatic heterocycles. The van der Waals surface area contributed by atoms with Gasteiger partial charge in [-0.25, -0.2) is 9.59 Å². The average Bonchev–Trinajstić information content (AvgIpc) is 3.02. The van der Waals surface area contributed by atoms with Gasteiger partial charge in [-0.05, 0) is 48.9 Å². The Bertz CT molecular complexity index is 1100. The molecule has 0 saturated carbocycles. The molecule has 0 saturated heterocycles. The van der Waals surface area contributed by atoms with Gasteiger partial charge in [0.25, 0.3) is 5.91 Å². The molecule has 0 aliphatic carbocycles. The number of methoxy groups -OCH3 is 2. The highest BCUT2D eigenvalue weighted by Gasteiger charge is 2.29. The number of carbonyl (C=O) groups excluding carboxylic acids is 3. The summed E-state index contributed by atoms with van der Waals surface area (Å²) >= 11 is 0. The van der Waals surface area contributed by atoms with Gasteiger partial charge in [0, 0.05) is 11.8 Å². The quantitative estimate of drug-likeness (QED) is 0.745. The summed E-state index contributed by atoms with van der Waals surface area (Å²) in [5.41, 5.74) is 2.33. The third-order valence-electron chi connectivity index (χ3n) is 4.59. The van der Waals surface area contributed by atoms with Gasteiger partial charge in [-0.1, -0.05) is 30.3 Å². The topological polar surface area (TPSA) is 84.9 Å². The van der Waals surface area contributed by atoms with E-state index in [0.717, 1.165) is 5.56 Å². The number of aryl methyl sites for hydroxylation is 1. The summed E-state index contributed by atoms with van der Waals surface area (Å²) < 4.78 is 9.79. The van der Waals surface area contributed by atoms with Crippen LogP contribution in [-0.4, -0.2) is 32.1 Å². The molecule has 2 aromatic carbocycles. The molecular formula is C24H22N2O5. The second-order valence-corrected chi connectivity index (χ2v) is 6.66. The zero-order valence-electron chi connectivity index (χ0n) is 17.4. The Morgan fingerprint density at radius 1 is 0.903 bits per heavy atom. The molecule has 0 fully saturated rings. The lowest BCUT2D eigenvalue weighted by molar-refractivity contribution is -0.139. The fraction of sp³-hybridized carbons (Fsp3) is 0.125. The number of nitrogens with zero attached hydrogens (tertiary/aromatic N) is 1. The minimum Gasteiger partial charge on any atom is -0.465 e. The third kappa shape index (κ3) is 4.72. The number of rotatable bonds is 5. The van der Waals surface area contributed by atoms with Crippen LogP contribution in [0.2, 0.25) is 0 Å². The first-order chi connectivity index (χ1) is 15.0. The van der Waals surface area contributed by atoms with E-state index in [1.165, 1.54) is 25.2 Å². The predicted octanol–water partition coefficient (Wildman–Crippen LogP) is 3.74. The van der Waals surface area contributed by atoms with Crippen LogP contribution in [0, 0.1) is 6.92 Å². The Hall–Kier alpha value is -4.13. The summed E-state index contributed by atoms with van der Waals surface area (Å²) in [6.07, 6.45) is 6.38. The van der Waals surface area contributed by atoms with E-state index in [1.807, 2.05) is 19.1 Å². The molecule has 3 rings (SSSR count). The molecular weight excluding hydrogens is 396 g/mol. The molecule has 0 unspecified atom stereocenters. The number of hydrogen-bond acceptors (Lipinski definition) is 6. The highest BCUT2D eigenvalue weighted by Crippen LogP contribution is 2.33. The Labute approximate surface area is 180 Å². The largest absolute Gasteiger partial charge is 0.465 e. The Morgan fingerprint density at radius 3 is 2.29 bits per heavy atom. The van der Waals surface area contributed by atoms with Gasteiger partial charge < -0.3 is 19.7 Å². The second kappa shape index (κ2) is 9.58. The molecule has 0 radical (unpaired) electrons. The van der Waals surface area contributed by atoms with Crippen LogP contribution in [-0.2, 0) is 19.1 Å². The SMILES string of the molecule is COC(=O)C1=C(C(=O)OC)N(c2cc(C)ccc2NC(=O)c2ccccc2)C=CC=C1. The van der Waals surface area contributed by atoms with Gasteiger partial charge in [-0.15, -0.1) is 0 Å². The minimum atomic E-state index is -0.724. The monoisotopic (exact) mass is 418 g/mol. The van der Waals surface area contributed by atoms with Crippen molar-refractivity contribution in [1.82, 2.24) is 0 Å². The van der Waals surface area contributed by atoms with Crippen molar-refractivity contribution in [3.8, 4) is 0 Å². The molecule has 1 N–H and O–H groups in total. The van der Waals surface area contributed by atoms with Crippen molar-refractivity contribution in [3.05, 3.63) is 95.4 Å². The summed E-state index contributed by atoms with van der Waals surface area (Å²) in [5, 5.41) is 2.88. The van der Waals surface area contributed by atoms with E-state index in [1.54, 1.807) is 54.8 Å². The highest BCUT2D eigenvalue weighted by molar-refractivity contribution is 6.09. The Kier molecular flexibility index (Phi) is 6.67. The fourth-order valence-electron chi connectivity index (χ4n) is 3.08. The lowest BCUT2D eigenvalue weighted by Gasteiger charge is -2.26. The smallest absolute Gasteiger partial charge is 0.355 e. The van der Waals surface area contributed by atoms with Gasteiger partial charge in [0.05, 0.1) is 31.2 Å². The van der Waals surface area contributed by atoms with E-state index in [-0.39, 0.29) is 17.2 Å². The maximum Gasteiger partial charge on any atom is 0.355 e. The maximum absolute atomic E-state index is 12.8. The lowest BCUT2D eigenvalue weighted by atomic mass is 10.1. The standard InChI is InChI=1S/C24H22N2O5/c1-16-12-13-19(25-22(27)17-9-5-4-6-10-17)20(15-16)26-14-8-7-11-18(23(28)30-2)21(26)24(29)31-3/h4-15H,1-3H3,(H,25,27). The first-order valence-electron chi connectivity index (χ1n) is 9.48. The van der Waals surface area contributed by atoms with Crippen molar-refractivity contribution in [2.75, 3.05) is 24.4 Å². The number of benzene rings is 2. The summed E-state index contributed by atoms with van der Waals surface area (Å²) in [7, 11) is 2.47. The Balaban J connectivity index is 2.13.